The summed E-state index contributed by atoms with van der Waals surface area (Å²) in [6, 6.07) is 7.91. The van der Waals surface area contributed by atoms with Crippen molar-refractivity contribution in [1.82, 2.24) is 10.3 Å². The Labute approximate surface area is 130 Å². The molecule has 22 heavy (non-hydrogen) atoms. The Morgan fingerprint density at radius 1 is 1.23 bits per heavy atom. The molecule has 3 N–H and O–H groups in total. The second kappa shape index (κ2) is 6.75. The number of amides is 1. The van der Waals surface area contributed by atoms with Crippen LogP contribution < -0.4 is 11.1 Å². The molecule has 5 nitrogen and oxygen atoms in total. The van der Waals surface area contributed by atoms with Gasteiger partial charge in [-0.2, -0.15) is 0 Å². The molecule has 0 saturated carbocycles. The molecule has 0 aliphatic carbocycles. The first-order valence-electron chi connectivity index (χ1n) is 7.46. The number of oxazole rings is 1. The highest BCUT2D eigenvalue weighted by molar-refractivity contribution is 5.92. The van der Waals surface area contributed by atoms with Crippen LogP contribution in [0.2, 0.25) is 0 Å². The van der Waals surface area contributed by atoms with Crippen molar-refractivity contribution in [3.63, 3.8) is 0 Å². The fraction of sp³-hybridized carbons (Fsp3) is 0.412. The molecule has 2 aromatic rings. The molecule has 1 aromatic heterocycles. The molecule has 0 spiro atoms. The number of carbonyl (C=O) groups is 1. The van der Waals surface area contributed by atoms with Crippen LogP contribution in [-0.2, 0) is 0 Å². The van der Waals surface area contributed by atoms with Gasteiger partial charge in [0.1, 0.15) is 0 Å². The van der Waals surface area contributed by atoms with E-state index in [4.69, 9.17) is 10.2 Å². The van der Waals surface area contributed by atoms with Crippen molar-refractivity contribution in [3.8, 4) is 0 Å². The molecule has 2 rings (SSSR count). The predicted molar refractivity (Wildman–Crippen MR) is 85.8 cm³/mol. The van der Waals surface area contributed by atoms with Crippen LogP contribution in [0.25, 0.3) is 0 Å². The van der Waals surface area contributed by atoms with Crippen LogP contribution in [0, 0.1) is 13.8 Å². The van der Waals surface area contributed by atoms with E-state index in [1.165, 1.54) is 5.56 Å². The Bertz CT molecular complexity index is 644. The van der Waals surface area contributed by atoms with Crippen molar-refractivity contribution in [2.45, 2.75) is 39.7 Å². The fourth-order valence-corrected chi connectivity index (χ4v) is 2.27. The molecule has 0 fully saturated rings. The molecule has 0 aliphatic rings. The van der Waals surface area contributed by atoms with E-state index in [1.54, 1.807) is 13.8 Å². The molecular weight excluding hydrogens is 278 g/mol. The van der Waals surface area contributed by atoms with Crippen LogP contribution in [0.1, 0.15) is 59.1 Å². The number of nitrogens with one attached hydrogen (secondary N) is 1. The van der Waals surface area contributed by atoms with Crippen LogP contribution in [-0.4, -0.2) is 17.4 Å². The summed E-state index contributed by atoms with van der Waals surface area (Å²) >= 11 is 0. The van der Waals surface area contributed by atoms with Gasteiger partial charge in [0.25, 0.3) is 5.91 Å². The number of aryl methyl sites for hydroxylation is 2. The monoisotopic (exact) mass is 301 g/mol. The summed E-state index contributed by atoms with van der Waals surface area (Å²) in [6.07, 6.45) is 0. The van der Waals surface area contributed by atoms with Gasteiger partial charge in [-0.25, -0.2) is 4.98 Å². The summed E-state index contributed by atoms with van der Waals surface area (Å²) in [5, 5.41) is 2.79. The lowest BCUT2D eigenvalue weighted by atomic mass is 9.99. The number of aromatic nitrogens is 1. The number of nitrogens with two attached hydrogens (primary N) is 1. The second-order valence-corrected chi connectivity index (χ2v) is 5.79. The van der Waals surface area contributed by atoms with E-state index in [-0.39, 0.29) is 17.7 Å². The molecule has 1 atom stereocenters. The SMILES string of the molecule is Cc1nc(C)c(C(=O)NCC(N)c2ccc(C(C)C)cc2)o1. The minimum Gasteiger partial charge on any atom is -0.436 e. The van der Waals surface area contributed by atoms with Gasteiger partial charge in [0.2, 0.25) is 5.76 Å². The van der Waals surface area contributed by atoms with Crippen LogP contribution in [0.3, 0.4) is 0 Å². The molecule has 5 heteroatoms. The minimum absolute atomic E-state index is 0.250. The molecule has 1 aromatic carbocycles. The summed E-state index contributed by atoms with van der Waals surface area (Å²) in [7, 11) is 0. The average molecular weight is 301 g/mol. The molecule has 0 radical (unpaired) electrons. The maximum atomic E-state index is 12.1. The van der Waals surface area contributed by atoms with Gasteiger partial charge >= 0.3 is 0 Å². The lowest BCUT2D eigenvalue weighted by Crippen LogP contribution is -2.32. The largest absolute Gasteiger partial charge is 0.436 e. The highest BCUT2D eigenvalue weighted by Gasteiger charge is 2.17. The number of benzene rings is 1. The van der Waals surface area contributed by atoms with E-state index >= 15 is 0 Å². The molecule has 118 valence electrons. The standard InChI is InChI=1S/C17H23N3O2/c1-10(2)13-5-7-14(8-6-13)15(18)9-19-17(21)16-11(3)20-12(4)22-16/h5-8,10,15H,9,18H2,1-4H3,(H,19,21). The second-order valence-electron chi connectivity index (χ2n) is 5.79. The van der Waals surface area contributed by atoms with Gasteiger partial charge in [-0.15, -0.1) is 0 Å². The zero-order valence-electron chi connectivity index (χ0n) is 13.5. The van der Waals surface area contributed by atoms with Crippen molar-refractivity contribution >= 4 is 5.91 Å². The highest BCUT2D eigenvalue weighted by atomic mass is 16.4. The van der Waals surface area contributed by atoms with Crippen LogP contribution in [0.15, 0.2) is 28.7 Å². The third-order valence-electron chi connectivity index (χ3n) is 3.62. The third-order valence-corrected chi connectivity index (χ3v) is 3.62. The summed E-state index contributed by atoms with van der Waals surface area (Å²) in [5.41, 5.74) is 8.98. The highest BCUT2D eigenvalue weighted by Crippen LogP contribution is 2.17. The van der Waals surface area contributed by atoms with Crippen LogP contribution in [0.4, 0.5) is 0 Å². The van der Waals surface area contributed by atoms with E-state index in [0.717, 1.165) is 5.56 Å². The molecule has 0 aliphatic heterocycles. The summed E-state index contributed by atoms with van der Waals surface area (Å²) in [6.45, 7) is 8.11. The molecular formula is C17H23N3O2. The smallest absolute Gasteiger partial charge is 0.289 e. The van der Waals surface area contributed by atoms with E-state index < -0.39 is 0 Å². The Balaban J connectivity index is 1.96. The van der Waals surface area contributed by atoms with Crippen molar-refractivity contribution in [3.05, 3.63) is 52.7 Å². The van der Waals surface area contributed by atoms with Gasteiger partial charge in [-0.05, 0) is 24.0 Å². The Morgan fingerprint density at radius 2 is 1.82 bits per heavy atom. The minimum atomic E-state index is -0.285. The van der Waals surface area contributed by atoms with Gasteiger partial charge in [0, 0.05) is 19.5 Å². The lowest BCUT2D eigenvalue weighted by molar-refractivity contribution is 0.0921. The number of rotatable bonds is 5. The molecule has 1 unspecified atom stereocenters. The van der Waals surface area contributed by atoms with Crippen molar-refractivity contribution in [1.29, 1.82) is 0 Å². The van der Waals surface area contributed by atoms with E-state index in [1.807, 2.05) is 12.1 Å². The number of hydrogen-bond donors (Lipinski definition) is 2. The molecule has 1 amide bonds. The van der Waals surface area contributed by atoms with Gasteiger partial charge in [0.15, 0.2) is 5.89 Å². The normalized spacial score (nSPS) is 12.5. The van der Waals surface area contributed by atoms with Crippen molar-refractivity contribution in [2.24, 2.45) is 5.73 Å². The van der Waals surface area contributed by atoms with Gasteiger partial charge < -0.3 is 15.5 Å². The fourth-order valence-electron chi connectivity index (χ4n) is 2.27. The van der Waals surface area contributed by atoms with Crippen molar-refractivity contribution in [2.75, 3.05) is 6.54 Å². The lowest BCUT2D eigenvalue weighted by Gasteiger charge is -2.14. The molecule has 0 bridgehead atoms. The average Bonchev–Trinajstić information content (AvgIpc) is 2.83. The Kier molecular flexibility index (Phi) is 4.98. The zero-order chi connectivity index (χ0) is 16.3. The number of carbonyl (C=O) groups excluding carboxylic acids is 1. The summed E-state index contributed by atoms with van der Waals surface area (Å²) < 4.78 is 5.29. The first-order valence-corrected chi connectivity index (χ1v) is 7.46. The van der Waals surface area contributed by atoms with Gasteiger partial charge in [0.05, 0.1) is 5.69 Å². The molecule has 1 heterocycles. The van der Waals surface area contributed by atoms with Gasteiger partial charge in [-0.1, -0.05) is 38.1 Å². The number of nitrogens with zero attached hydrogens (tertiary/aromatic N) is 1. The zero-order valence-corrected chi connectivity index (χ0v) is 13.5. The third kappa shape index (κ3) is 3.74. The van der Waals surface area contributed by atoms with E-state index in [0.29, 0.717) is 24.0 Å². The summed E-state index contributed by atoms with van der Waals surface area (Å²) in [5.74, 6) is 0.936. The van der Waals surface area contributed by atoms with E-state index in [9.17, 15) is 4.79 Å². The molecule has 0 saturated heterocycles. The maximum absolute atomic E-state index is 12.1. The quantitative estimate of drug-likeness (QED) is 0.889. The first kappa shape index (κ1) is 16.2. The van der Waals surface area contributed by atoms with Crippen molar-refractivity contribution < 1.29 is 9.21 Å². The van der Waals surface area contributed by atoms with Gasteiger partial charge in [-0.3, -0.25) is 4.79 Å². The van der Waals surface area contributed by atoms with E-state index in [2.05, 4.69) is 36.3 Å². The number of hydrogen-bond acceptors (Lipinski definition) is 4. The maximum Gasteiger partial charge on any atom is 0.289 e. The Morgan fingerprint density at radius 3 is 2.32 bits per heavy atom. The Hall–Kier alpha value is -2.14. The first-order chi connectivity index (χ1) is 10.4. The predicted octanol–water partition coefficient (Wildman–Crippen LogP) is 2.84. The van der Waals surface area contributed by atoms with Crippen LogP contribution in [0.5, 0.6) is 0 Å². The summed E-state index contributed by atoms with van der Waals surface area (Å²) in [4.78, 5) is 16.1. The van der Waals surface area contributed by atoms with Crippen LogP contribution >= 0.6 is 0 Å². The topological polar surface area (TPSA) is 81.2 Å².